The summed E-state index contributed by atoms with van der Waals surface area (Å²) in [6, 6.07) is 11.6. The highest BCUT2D eigenvalue weighted by Crippen LogP contribution is 2.31. The number of hydrogen-bond donors (Lipinski definition) is 1. The van der Waals surface area contributed by atoms with Crippen molar-refractivity contribution in [1.82, 2.24) is 19.5 Å². The SMILES string of the molecule is Cc1nccn1Cc1ccc(-c2cc(CC(C)C)ccc2S(=O)(=O)Nc2ncccn2)cc1F. The van der Waals surface area contributed by atoms with Gasteiger partial charge in [-0.15, -0.1) is 0 Å². The third-order valence-corrected chi connectivity index (χ3v) is 6.78. The molecule has 4 rings (SSSR count). The Morgan fingerprint density at radius 1 is 1.03 bits per heavy atom. The van der Waals surface area contributed by atoms with Gasteiger partial charge in [0, 0.05) is 35.9 Å². The molecule has 0 bridgehead atoms. The van der Waals surface area contributed by atoms with E-state index in [-0.39, 0.29) is 10.8 Å². The van der Waals surface area contributed by atoms with Crippen LogP contribution in [0.25, 0.3) is 11.1 Å². The van der Waals surface area contributed by atoms with Gasteiger partial charge in [-0.25, -0.2) is 32.5 Å². The highest BCUT2D eigenvalue weighted by Gasteiger charge is 2.22. The lowest BCUT2D eigenvalue weighted by atomic mass is 9.97. The number of aromatic nitrogens is 4. The van der Waals surface area contributed by atoms with Crippen LogP contribution in [-0.4, -0.2) is 27.9 Å². The normalized spacial score (nSPS) is 11.7. The first-order chi connectivity index (χ1) is 16.2. The Bertz CT molecular complexity index is 1400. The topological polar surface area (TPSA) is 89.8 Å². The van der Waals surface area contributed by atoms with E-state index >= 15 is 4.39 Å². The number of sulfonamides is 1. The molecule has 0 radical (unpaired) electrons. The summed E-state index contributed by atoms with van der Waals surface area (Å²) in [6.45, 7) is 6.37. The molecule has 0 atom stereocenters. The summed E-state index contributed by atoms with van der Waals surface area (Å²) in [5, 5.41) is 0. The summed E-state index contributed by atoms with van der Waals surface area (Å²) in [5.41, 5.74) is 2.36. The van der Waals surface area contributed by atoms with Gasteiger partial charge in [0.05, 0.1) is 11.4 Å². The lowest BCUT2D eigenvalue weighted by molar-refractivity contribution is 0.596. The van der Waals surface area contributed by atoms with E-state index in [2.05, 4.69) is 33.5 Å². The van der Waals surface area contributed by atoms with Crippen molar-refractivity contribution in [2.45, 2.75) is 38.6 Å². The maximum absolute atomic E-state index is 15.1. The molecular weight excluding hydrogens is 453 g/mol. The van der Waals surface area contributed by atoms with Crippen LogP contribution in [0.2, 0.25) is 0 Å². The van der Waals surface area contributed by atoms with Crippen LogP contribution in [0.5, 0.6) is 0 Å². The lowest BCUT2D eigenvalue weighted by Gasteiger charge is -2.15. The Kier molecular flexibility index (Phi) is 6.74. The second-order valence-corrected chi connectivity index (χ2v) is 10.2. The summed E-state index contributed by atoms with van der Waals surface area (Å²) < 4.78 is 45.9. The van der Waals surface area contributed by atoms with Crippen molar-refractivity contribution in [3.63, 3.8) is 0 Å². The summed E-state index contributed by atoms with van der Waals surface area (Å²) in [6.07, 6.45) is 7.13. The summed E-state index contributed by atoms with van der Waals surface area (Å²) in [5.74, 6) is 0.718. The molecule has 0 fully saturated rings. The van der Waals surface area contributed by atoms with Gasteiger partial charge in [0.25, 0.3) is 10.0 Å². The molecule has 0 aliphatic carbocycles. The minimum absolute atomic E-state index is 0.0306. The van der Waals surface area contributed by atoms with Crippen LogP contribution in [0.1, 0.15) is 30.8 Å². The standard InChI is InChI=1S/C25H26FN5O2S/c1-17(2)13-19-5-8-24(34(32,33)30-25-28-9-4-10-29-25)22(14-19)20-6-7-21(23(26)15-20)16-31-12-11-27-18(31)3/h4-12,14-15,17H,13,16H2,1-3H3,(H,28,29,30). The Morgan fingerprint density at radius 2 is 1.79 bits per heavy atom. The molecule has 0 saturated heterocycles. The highest BCUT2D eigenvalue weighted by atomic mass is 32.2. The molecular formula is C25H26FN5O2S. The summed E-state index contributed by atoms with van der Waals surface area (Å²) in [7, 11) is -4.02. The second kappa shape index (κ2) is 9.72. The number of nitrogens with zero attached hydrogens (tertiary/aromatic N) is 4. The number of anilines is 1. The molecule has 2 aromatic carbocycles. The van der Waals surface area contributed by atoms with Crippen LogP contribution >= 0.6 is 0 Å². The molecule has 34 heavy (non-hydrogen) atoms. The van der Waals surface area contributed by atoms with Gasteiger partial charge in [0.2, 0.25) is 5.95 Å². The first-order valence-electron chi connectivity index (χ1n) is 10.9. The van der Waals surface area contributed by atoms with Crippen molar-refractivity contribution in [2.24, 2.45) is 5.92 Å². The van der Waals surface area contributed by atoms with Gasteiger partial charge in [0.15, 0.2) is 0 Å². The molecule has 7 nitrogen and oxygen atoms in total. The maximum Gasteiger partial charge on any atom is 0.264 e. The number of rotatable bonds is 8. The van der Waals surface area contributed by atoms with Crippen molar-refractivity contribution in [1.29, 1.82) is 0 Å². The molecule has 0 unspecified atom stereocenters. The van der Waals surface area contributed by atoms with E-state index in [0.29, 0.717) is 29.2 Å². The molecule has 0 amide bonds. The van der Waals surface area contributed by atoms with Crippen LogP contribution in [-0.2, 0) is 23.0 Å². The average Bonchev–Trinajstić information content (AvgIpc) is 3.19. The molecule has 0 aliphatic rings. The van der Waals surface area contributed by atoms with Gasteiger partial charge in [0.1, 0.15) is 11.6 Å². The predicted octanol–water partition coefficient (Wildman–Crippen LogP) is 4.84. The molecule has 1 N–H and O–H groups in total. The van der Waals surface area contributed by atoms with E-state index in [0.717, 1.165) is 17.8 Å². The minimum Gasteiger partial charge on any atom is -0.331 e. The lowest BCUT2D eigenvalue weighted by Crippen LogP contribution is -2.16. The van der Waals surface area contributed by atoms with Gasteiger partial charge in [-0.1, -0.05) is 32.0 Å². The maximum atomic E-state index is 15.1. The summed E-state index contributed by atoms with van der Waals surface area (Å²) in [4.78, 5) is 12.1. The fourth-order valence-corrected chi connectivity index (χ4v) is 4.93. The zero-order valence-corrected chi connectivity index (χ0v) is 20.1. The number of benzene rings is 2. The van der Waals surface area contributed by atoms with Gasteiger partial charge < -0.3 is 4.57 Å². The van der Waals surface area contributed by atoms with Crippen molar-refractivity contribution in [3.05, 3.63) is 90.0 Å². The van der Waals surface area contributed by atoms with E-state index in [1.54, 1.807) is 42.7 Å². The Balaban J connectivity index is 1.76. The Morgan fingerprint density at radius 3 is 2.44 bits per heavy atom. The molecule has 2 aromatic heterocycles. The summed E-state index contributed by atoms with van der Waals surface area (Å²) >= 11 is 0. The third-order valence-electron chi connectivity index (χ3n) is 5.40. The van der Waals surface area contributed by atoms with Crippen molar-refractivity contribution in [2.75, 3.05) is 4.72 Å². The van der Waals surface area contributed by atoms with Gasteiger partial charge in [-0.3, -0.25) is 0 Å². The first kappa shape index (κ1) is 23.6. The van der Waals surface area contributed by atoms with E-state index in [1.165, 1.54) is 18.5 Å². The monoisotopic (exact) mass is 479 g/mol. The predicted molar refractivity (Wildman–Crippen MR) is 129 cm³/mol. The second-order valence-electron chi connectivity index (χ2n) is 8.51. The molecule has 9 heteroatoms. The van der Waals surface area contributed by atoms with Crippen LogP contribution in [0, 0.1) is 18.7 Å². The van der Waals surface area contributed by atoms with Crippen molar-refractivity contribution < 1.29 is 12.8 Å². The zero-order valence-electron chi connectivity index (χ0n) is 19.2. The van der Waals surface area contributed by atoms with Gasteiger partial charge in [-0.05, 0) is 54.7 Å². The average molecular weight is 480 g/mol. The number of halogens is 1. The molecule has 176 valence electrons. The minimum atomic E-state index is -4.02. The van der Waals surface area contributed by atoms with Crippen LogP contribution < -0.4 is 4.72 Å². The number of hydrogen-bond acceptors (Lipinski definition) is 5. The van der Waals surface area contributed by atoms with Crippen LogP contribution in [0.15, 0.2) is 72.1 Å². The molecule has 4 aromatic rings. The molecule has 0 aliphatic heterocycles. The molecule has 0 spiro atoms. The van der Waals surface area contributed by atoms with Crippen molar-refractivity contribution >= 4 is 16.0 Å². The zero-order chi connectivity index (χ0) is 24.3. The Hall–Kier alpha value is -3.59. The number of imidazole rings is 1. The van der Waals surface area contributed by atoms with E-state index in [4.69, 9.17) is 0 Å². The van der Waals surface area contributed by atoms with Gasteiger partial charge in [-0.2, -0.15) is 0 Å². The van der Waals surface area contributed by atoms with Gasteiger partial charge >= 0.3 is 0 Å². The smallest absolute Gasteiger partial charge is 0.264 e. The fourth-order valence-electron chi connectivity index (χ4n) is 3.76. The highest BCUT2D eigenvalue weighted by molar-refractivity contribution is 7.92. The van der Waals surface area contributed by atoms with E-state index < -0.39 is 15.8 Å². The third kappa shape index (κ3) is 5.31. The van der Waals surface area contributed by atoms with Crippen LogP contribution in [0.3, 0.4) is 0 Å². The quantitative estimate of drug-likeness (QED) is 0.391. The fraction of sp³-hybridized carbons (Fsp3) is 0.240. The largest absolute Gasteiger partial charge is 0.331 e. The number of nitrogens with one attached hydrogen (secondary N) is 1. The van der Waals surface area contributed by atoms with E-state index in [1.807, 2.05) is 17.6 Å². The molecule has 2 heterocycles. The first-order valence-corrected chi connectivity index (χ1v) is 12.4. The van der Waals surface area contributed by atoms with Crippen molar-refractivity contribution in [3.8, 4) is 11.1 Å². The van der Waals surface area contributed by atoms with Crippen LogP contribution in [0.4, 0.5) is 10.3 Å². The molecule has 0 saturated carbocycles. The van der Waals surface area contributed by atoms with E-state index in [9.17, 15) is 8.42 Å². The number of aryl methyl sites for hydroxylation is 1. The Labute approximate surface area is 198 Å².